The highest BCUT2D eigenvalue weighted by atomic mass is 35.5. The molecule has 0 bridgehead atoms. The van der Waals surface area contributed by atoms with Gasteiger partial charge in [0.25, 0.3) is 0 Å². The average molecular weight is 231 g/mol. The second kappa shape index (κ2) is 4.65. The maximum atomic E-state index is 6.03. The highest BCUT2D eigenvalue weighted by Gasteiger charge is 2.33. The van der Waals surface area contributed by atoms with Gasteiger partial charge in [0.1, 0.15) is 0 Å². The van der Waals surface area contributed by atoms with Crippen molar-refractivity contribution in [2.75, 3.05) is 19.1 Å². The molecular weight excluding hydrogens is 216 g/mol. The van der Waals surface area contributed by atoms with Gasteiger partial charge in [-0.2, -0.15) is 11.3 Å². The quantitative estimate of drug-likeness (QED) is 0.721. The van der Waals surface area contributed by atoms with E-state index in [0.29, 0.717) is 0 Å². The van der Waals surface area contributed by atoms with Crippen LogP contribution in [0.25, 0.3) is 0 Å². The van der Waals surface area contributed by atoms with E-state index in [1.807, 2.05) is 0 Å². The fourth-order valence-electron chi connectivity index (χ4n) is 1.86. The zero-order valence-electron chi connectivity index (χ0n) is 8.17. The van der Waals surface area contributed by atoms with Gasteiger partial charge in [-0.05, 0) is 41.7 Å². The summed E-state index contributed by atoms with van der Waals surface area (Å²) in [7, 11) is 0. The molecule has 1 unspecified atom stereocenters. The van der Waals surface area contributed by atoms with Crippen molar-refractivity contribution in [3.8, 4) is 0 Å². The molecule has 14 heavy (non-hydrogen) atoms. The smallest absolute Gasteiger partial charge is 0.0534 e. The van der Waals surface area contributed by atoms with Gasteiger partial charge in [0, 0.05) is 17.9 Å². The predicted molar refractivity (Wildman–Crippen MR) is 61.2 cm³/mol. The fourth-order valence-corrected chi connectivity index (χ4v) is 2.91. The summed E-state index contributed by atoms with van der Waals surface area (Å²) < 4.78 is 5.44. The summed E-state index contributed by atoms with van der Waals surface area (Å²) in [4.78, 5) is 0. The van der Waals surface area contributed by atoms with Gasteiger partial charge in [-0.15, -0.1) is 11.6 Å². The van der Waals surface area contributed by atoms with E-state index in [4.69, 9.17) is 16.3 Å². The van der Waals surface area contributed by atoms with E-state index in [1.54, 1.807) is 11.3 Å². The van der Waals surface area contributed by atoms with Crippen LogP contribution >= 0.6 is 22.9 Å². The van der Waals surface area contributed by atoms with Crippen LogP contribution < -0.4 is 0 Å². The average Bonchev–Trinajstić information content (AvgIpc) is 2.87. The lowest BCUT2D eigenvalue weighted by Gasteiger charge is -2.23. The molecule has 0 aliphatic carbocycles. The van der Waals surface area contributed by atoms with Crippen LogP contribution in [-0.2, 0) is 11.2 Å². The minimum atomic E-state index is 0.253. The van der Waals surface area contributed by atoms with Gasteiger partial charge >= 0.3 is 0 Å². The van der Waals surface area contributed by atoms with Crippen molar-refractivity contribution in [2.45, 2.75) is 19.3 Å². The van der Waals surface area contributed by atoms with Gasteiger partial charge in [0.2, 0.25) is 0 Å². The zero-order valence-corrected chi connectivity index (χ0v) is 9.74. The van der Waals surface area contributed by atoms with Gasteiger partial charge in [-0.3, -0.25) is 0 Å². The highest BCUT2D eigenvalue weighted by Crippen LogP contribution is 2.35. The Labute approximate surface area is 94.0 Å². The molecule has 1 aliphatic heterocycles. The molecule has 1 aromatic heterocycles. The SMILES string of the molecule is ClCC1(CCc2ccsc2)CCOC1. The second-order valence-corrected chi connectivity index (χ2v) is 5.12. The summed E-state index contributed by atoms with van der Waals surface area (Å²) in [6.07, 6.45) is 3.42. The minimum Gasteiger partial charge on any atom is -0.381 e. The molecule has 0 N–H and O–H groups in total. The number of hydrogen-bond acceptors (Lipinski definition) is 2. The van der Waals surface area contributed by atoms with E-state index in [0.717, 1.165) is 38.4 Å². The van der Waals surface area contributed by atoms with E-state index in [-0.39, 0.29) is 5.41 Å². The Balaban J connectivity index is 1.89. The molecule has 0 spiro atoms. The third-order valence-corrected chi connectivity index (χ3v) is 4.29. The van der Waals surface area contributed by atoms with Crippen LogP contribution in [-0.4, -0.2) is 19.1 Å². The van der Waals surface area contributed by atoms with E-state index >= 15 is 0 Å². The van der Waals surface area contributed by atoms with E-state index < -0.39 is 0 Å². The Kier molecular flexibility index (Phi) is 3.47. The Morgan fingerprint density at radius 1 is 1.57 bits per heavy atom. The first kappa shape index (κ1) is 10.5. The van der Waals surface area contributed by atoms with Crippen LogP contribution in [0.4, 0.5) is 0 Å². The van der Waals surface area contributed by atoms with Crippen LogP contribution in [0.1, 0.15) is 18.4 Å². The fraction of sp³-hybridized carbons (Fsp3) is 0.636. The summed E-state index contributed by atoms with van der Waals surface area (Å²) in [5.74, 6) is 0.733. The number of ether oxygens (including phenoxy) is 1. The topological polar surface area (TPSA) is 9.23 Å². The van der Waals surface area contributed by atoms with Gasteiger partial charge in [0.05, 0.1) is 6.61 Å². The summed E-state index contributed by atoms with van der Waals surface area (Å²) in [6, 6.07) is 2.20. The lowest BCUT2D eigenvalue weighted by Crippen LogP contribution is -2.23. The van der Waals surface area contributed by atoms with E-state index in [9.17, 15) is 0 Å². The van der Waals surface area contributed by atoms with Gasteiger partial charge in [-0.1, -0.05) is 0 Å². The van der Waals surface area contributed by atoms with Crippen molar-refractivity contribution < 1.29 is 4.74 Å². The van der Waals surface area contributed by atoms with Gasteiger partial charge in [-0.25, -0.2) is 0 Å². The summed E-state index contributed by atoms with van der Waals surface area (Å²) in [6.45, 7) is 1.73. The van der Waals surface area contributed by atoms with Crippen molar-refractivity contribution in [1.29, 1.82) is 0 Å². The first-order chi connectivity index (χ1) is 6.85. The largest absolute Gasteiger partial charge is 0.381 e. The van der Waals surface area contributed by atoms with Crippen LogP contribution in [0.3, 0.4) is 0 Å². The Morgan fingerprint density at radius 3 is 3.07 bits per heavy atom. The third kappa shape index (κ3) is 2.30. The zero-order chi connectivity index (χ0) is 9.86. The molecule has 1 atom stereocenters. The number of hydrogen-bond donors (Lipinski definition) is 0. The van der Waals surface area contributed by atoms with Gasteiger partial charge < -0.3 is 4.74 Å². The molecule has 1 nitrogen and oxygen atoms in total. The molecule has 2 rings (SSSR count). The van der Waals surface area contributed by atoms with Crippen molar-refractivity contribution in [3.05, 3.63) is 22.4 Å². The number of alkyl halides is 1. The number of aryl methyl sites for hydroxylation is 1. The Hall–Kier alpha value is -0.0500. The van der Waals surface area contributed by atoms with Crippen molar-refractivity contribution >= 4 is 22.9 Å². The molecule has 0 amide bonds. The Bertz CT molecular complexity index is 265. The van der Waals surface area contributed by atoms with Crippen molar-refractivity contribution in [1.82, 2.24) is 0 Å². The maximum absolute atomic E-state index is 6.03. The summed E-state index contributed by atoms with van der Waals surface area (Å²) >= 11 is 7.79. The Morgan fingerprint density at radius 2 is 2.50 bits per heavy atom. The normalized spacial score (nSPS) is 26.9. The lowest BCUT2D eigenvalue weighted by molar-refractivity contribution is 0.157. The first-order valence-corrected chi connectivity index (χ1v) is 6.47. The van der Waals surface area contributed by atoms with E-state index in [1.165, 1.54) is 5.56 Å². The van der Waals surface area contributed by atoms with Crippen molar-refractivity contribution in [2.24, 2.45) is 5.41 Å². The van der Waals surface area contributed by atoms with Crippen molar-refractivity contribution in [3.63, 3.8) is 0 Å². The van der Waals surface area contributed by atoms with Gasteiger partial charge in [0.15, 0.2) is 0 Å². The molecule has 0 radical (unpaired) electrons. The second-order valence-electron chi connectivity index (χ2n) is 4.07. The molecule has 2 heterocycles. The maximum Gasteiger partial charge on any atom is 0.0534 e. The first-order valence-electron chi connectivity index (χ1n) is 4.99. The molecule has 1 aromatic rings. The molecule has 0 saturated carbocycles. The van der Waals surface area contributed by atoms with Crippen LogP contribution in [0.15, 0.2) is 16.8 Å². The van der Waals surface area contributed by atoms with Crippen LogP contribution in [0, 0.1) is 5.41 Å². The molecular formula is C11H15ClOS. The van der Waals surface area contributed by atoms with Crippen LogP contribution in [0.2, 0.25) is 0 Å². The van der Waals surface area contributed by atoms with E-state index in [2.05, 4.69) is 16.8 Å². The molecule has 3 heteroatoms. The molecule has 78 valence electrons. The standard InChI is InChI=1S/C11H15ClOS/c12-8-11(4-5-13-9-11)3-1-10-2-6-14-7-10/h2,6-7H,1,3-5,8-9H2. The number of rotatable bonds is 4. The van der Waals surface area contributed by atoms with Crippen LogP contribution in [0.5, 0.6) is 0 Å². The molecule has 1 saturated heterocycles. The number of thiophene rings is 1. The minimum absolute atomic E-state index is 0.253. The third-order valence-electron chi connectivity index (χ3n) is 2.99. The lowest BCUT2D eigenvalue weighted by atomic mass is 9.84. The number of halogens is 1. The monoisotopic (exact) mass is 230 g/mol. The molecule has 1 aliphatic rings. The summed E-state index contributed by atoms with van der Waals surface area (Å²) in [5, 5.41) is 4.35. The molecule has 1 fully saturated rings. The molecule has 0 aromatic carbocycles. The predicted octanol–water partition coefficient (Wildman–Crippen LogP) is 3.33. The summed E-state index contributed by atoms with van der Waals surface area (Å²) in [5.41, 5.74) is 1.69. The highest BCUT2D eigenvalue weighted by molar-refractivity contribution is 7.07.